The number of nitrogens with two attached hydrogens (primary N) is 1. The maximum atomic E-state index is 13.6. The Labute approximate surface area is 118 Å². The molecule has 1 amide bonds. The van der Waals surface area contributed by atoms with E-state index in [1.165, 1.54) is 25.1 Å². The van der Waals surface area contributed by atoms with Gasteiger partial charge in [-0.05, 0) is 19.1 Å². The van der Waals surface area contributed by atoms with E-state index < -0.39 is 11.7 Å². The number of hydrazine groups is 1. The van der Waals surface area contributed by atoms with Gasteiger partial charge in [0.25, 0.3) is 5.91 Å². The van der Waals surface area contributed by atoms with E-state index in [0.29, 0.717) is 0 Å². The molecule has 21 heavy (non-hydrogen) atoms. The molecule has 1 aromatic heterocycles. The summed E-state index contributed by atoms with van der Waals surface area (Å²) in [6.07, 6.45) is 0. The van der Waals surface area contributed by atoms with Crippen molar-refractivity contribution in [3.05, 3.63) is 47.1 Å². The quantitative estimate of drug-likeness (QED) is 0.371. The van der Waals surface area contributed by atoms with E-state index in [1.54, 1.807) is 0 Å². The Balaban J connectivity index is 2.03. The van der Waals surface area contributed by atoms with Gasteiger partial charge in [0.2, 0.25) is 0 Å². The number of rotatable bonds is 5. The summed E-state index contributed by atoms with van der Waals surface area (Å²) in [7, 11) is 0. The van der Waals surface area contributed by atoms with Gasteiger partial charge in [-0.3, -0.25) is 15.0 Å². The number of nitrogens with one attached hydrogen (secondary N) is 1. The summed E-state index contributed by atoms with van der Waals surface area (Å²) in [5, 5.41) is 3.49. The average molecular weight is 293 g/mol. The lowest BCUT2D eigenvalue weighted by molar-refractivity contribution is 0.0943. The van der Waals surface area contributed by atoms with Crippen molar-refractivity contribution in [2.45, 2.75) is 13.5 Å². The van der Waals surface area contributed by atoms with Crippen LogP contribution in [0.25, 0.3) is 0 Å². The number of nitrogens with zero attached hydrogens (tertiary/aromatic N) is 1. The fourth-order valence-corrected chi connectivity index (χ4v) is 1.59. The third-order valence-corrected chi connectivity index (χ3v) is 2.62. The number of hydrogen-bond donors (Lipinski definition) is 2. The fourth-order valence-electron chi connectivity index (χ4n) is 1.59. The van der Waals surface area contributed by atoms with Gasteiger partial charge in [-0.25, -0.2) is 10.2 Å². The Morgan fingerprint density at radius 3 is 2.81 bits per heavy atom. The largest absolute Gasteiger partial charge is 0.485 e. The first kappa shape index (κ1) is 14.7. The molecule has 3 N–H and O–H groups in total. The van der Waals surface area contributed by atoms with Crippen LogP contribution < -0.4 is 16.0 Å². The van der Waals surface area contributed by atoms with Crippen LogP contribution in [-0.4, -0.2) is 16.8 Å². The number of ether oxygens (including phenoxy) is 1. The minimum absolute atomic E-state index is 0.00853. The first-order valence-electron chi connectivity index (χ1n) is 5.91. The van der Waals surface area contributed by atoms with Crippen LogP contribution in [-0.2, 0) is 6.61 Å². The van der Waals surface area contributed by atoms with Gasteiger partial charge >= 0.3 is 0 Å². The van der Waals surface area contributed by atoms with Gasteiger partial charge in [0.15, 0.2) is 17.2 Å². The molecule has 0 aliphatic heterocycles. The Kier molecular flexibility index (Phi) is 4.29. The highest BCUT2D eigenvalue weighted by atomic mass is 19.1. The number of ketones is 1. The highest BCUT2D eigenvalue weighted by molar-refractivity contribution is 5.94. The topological polar surface area (TPSA) is 107 Å². The first-order chi connectivity index (χ1) is 10.0. The maximum absolute atomic E-state index is 13.6. The number of amides is 1. The van der Waals surface area contributed by atoms with Gasteiger partial charge in [-0.15, -0.1) is 0 Å². The van der Waals surface area contributed by atoms with Gasteiger partial charge in [0.1, 0.15) is 18.2 Å². The molecule has 0 spiro atoms. The monoisotopic (exact) mass is 293 g/mol. The Morgan fingerprint density at radius 2 is 2.19 bits per heavy atom. The zero-order chi connectivity index (χ0) is 15.4. The number of hydrogen-bond acceptors (Lipinski definition) is 6. The lowest BCUT2D eigenvalue weighted by atomic mass is 10.1. The average Bonchev–Trinajstić information content (AvgIpc) is 2.92. The van der Waals surface area contributed by atoms with E-state index in [1.807, 2.05) is 5.43 Å². The second kappa shape index (κ2) is 6.14. The molecule has 0 radical (unpaired) electrons. The number of carbonyl (C=O) groups excluding carboxylic acids is 2. The minimum Gasteiger partial charge on any atom is -0.485 e. The summed E-state index contributed by atoms with van der Waals surface area (Å²) in [6.45, 7) is 1.22. The van der Waals surface area contributed by atoms with Crippen LogP contribution in [0, 0.1) is 5.82 Å². The molecule has 0 unspecified atom stereocenters. The molecule has 0 atom stereocenters. The van der Waals surface area contributed by atoms with Crippen molar-refractivity contribution < 1.29 is 23.2 Å². The van der Waals surface area contributed by atoms with Crippen LogP contribution in [0.4, 0.5) is 4.39 Å². The van der Waals surface area contributed by atoms with Crippen molar-refractivity contribution >= 4 is 11.7 Å². The van der Waals surface area contributed by atoms with Crippen molar-refractivity contribution in [1.29, 1.82) is 0 Å². The standard InChI is InChI=1S/C13H12FN3O4/c1-7(18)10-3-2-8(4-11(10)14)20-6-9-5-12(17-21-9)13(19)16-15/h2-5H,6,15H2,1H3,(H,16,19). The zero-order valence-electron chi connectivity index (χ0n) is 11.1. The van der Waals surface area contributed by atoms with Gasteiger partial charge in [-0.1, -0.05) is 5.16 Å². The van der Waals surface area contributed by atoms with Crippen LogP contribution in [0.1, 0.15) is 33.5 Å². The molecule has 1 heterocycles. The fraction of sp³-hybridized carbons (Fsp3) is 0.154. The van der Waals surface area contributed by atoms with Crippen molar-refractivity contribution in [3.8, 4) is 5.75 Å². The summed E-state index contributed by atoms with van der Waals surface area (Å²) in [6, 6.07) is 5.24. The Bertz CT molecular complexity index is 684. The van der Waals surface area contributed by atoms with Crippen molar-refractivity contribution in [2.75, 3.05) is 0 Å². The van der Waals surface area contributed by atoms with E-state index in [2.05, 4.69) is 5.16 Å². The third kappa shape index (κ3) is 3.42. The highest BCUT2D eigenvalue weighted by Crippen LogP contribution is 2.18. The number of benzene rings is 1. The normalized spacial score (nSPS) is 10.2. The number of halogens is 1. The molecule has 0 saturated carbocycles. The van der Waals surface area contributed by atoms with Crippen molar-refractivity contribution in [3.63, 3.8) is 0 Å². The minimum atomic E-state index is -0.666. The van der Waals surface area contributed by atoms with Gasteiger partial charge < -0.3 is 9.26 Å². The maximum Gasteiger partial charge on any atom is 0.287 e. The molecule has 0 saturated heterocycles. The second-order valence-electron chi connectivity index (χ2n) is 4.14. The number of Topliss-reactive ketones (excluding diaryl/α,β-unsaturated/α-hetero) is 1. The Morgan fingerprint density at radius 1 is 1.43 bits per heavy atom. The first-order valence-corrected chi connectivity index (χ1v) is 5.91. The molecular formula is C13H12FN3O4. The van der Waals surface area contributed by atoms with E-state index in [9.17, 15) is 14.0 Å². The van der Waals surface area contributed by atoms with Crippen LogP contribution >= 0.6 is 0 Å². The van der Waals surface area contributed by atoms with Crippen LogP contribution in [0.2, 0.25) is 0 Å². The molecule has 0 bridgehead atoms. The molecule has 0 aliphatic carbocycles. The molecule has 2 rings (SSSR count). The molecule has 110 valence electrons. The lowest BCUT2D eigenvalue weighted by Gasteiger charge is -2.05. The smallest absolute Gasteiger partial charge is 0.287 e. The molecule has 7 nitrogen and oxygen atoms in total. The van der Waals surface area contributed by atoms with Crippen LogP contribution in [0.5, 0.6) is 5.75 Å². The van der Waals surface area contributed by atoms with E-state index >= 15 is 0 Å². The van der Waals surface area contributed by atoms with Crippen LogP contribution in [0.3, 0.4) is 0 Å². The summed E-state index contributed by atoms with van der Waals surface area (Å²) in [5.74, 6) is 3.81. The van der Waals surface area contributed by atoms with Gasteiger partial charge in [-0.2, -0.15) is 0 Å². The zero-order valence-corrected chi connectivity index (χ0v) is 11.1. The number of aromatic nitrogens is 1. The predicted molar refractivity (Wildman–Crippen MR) is 68.9 cm³/mol. The summed E-state index contributed by atoms with van der Waals surface area (Å²) >= 11 is 0. The van der Waals surface area contributed by atoms with Crippen molar-refractivity contribution in [1.82, 2.24) is 10.6 Å². The lowest BCUT2D eigenvalue weighted by Crippen LogP contribution is -2.30. The summed E-state index contributed by atoms with van der Waals surface area (Å²) in [5.41, 5.74) is 1.91. The number of nitrogen functional groups attached to an aromatic ring is 1. The summed E-state index contributed by atoms with van der Waals surface area (Å²) in [4.78, 5) is 22.3. The van der Waals surface area contributed by atoms with E-state index in [-0.39, 0.29) is 35.2 Å². The van der Waals surface area contributed by atoms with Crippen LogP contribution in [0.15, 0.2) is 28.8 Å². The highest BCUT2D eigenvalue weighted by Gasteiger charge is 2.12. The molecule has 0 fully saturated rings. The molecule has 1 aromatic carbocycles. The molecule has 8 heteroatoms. The predicted octanol–water partition coefficient (Wildman–Crippen LogP) is 1.20. The second-order valence-corrected chi connectivity index (χ2v) is 4.14. The summed E-state index contributed by atoms with van der Waals surface area (Å²) < 4.78 is 23.7. The molecule has 2 aromatic rings. The molecular weight excluding hydrogens is 281 g/mol. The Hall–Kier alpha value is -2.74. The van der Waals surface area contributed by atoms with Gasteiger partial charge in [0.05, 0.1) is 5.56 Å². The third-order valence-electron chi connectivity index (χ3n) is 2.62. The van der Waals surface area contributed by atoms with Crippen molar-refractivity contribution in [2.24, 2.45) is 5.84 Å². The SMILES string of the molecule is CC(=O)c1ccc(OCc2cc(C(=O)NN)no2)cc1F. The van der Waals surface area contributed by atoms with E-state index in [4.69, 9.17) is 15.1 Å². The molecule has 0 aliphatic rings. The van der Waals surface area contributed by atoms with Gasteiger partial charge in [0, 0.05) is 12.1 Å². The van der Waals surface area contributed by atoms with E-state index in [0.717, 1.165) is 6.07 Å². The number of carbonyl (C=O) groups is 2.